The van der Waals surface area contributed by atoms with Crippen molar-refractivity contribution in [3.8, 4) is 0 Å². The van der Waals surface area contributed by atoms with E-state index in [2.05, 4.69) is 13.5 Å². The standard InChI is InChI=1S/C17H23NO2/c1-4-11-17(5-2)12-13-18(16(19)20-17)14(3)15-9-7-6-8-10-15/h4,6-10,14H,1,5,11-13H2,2-3H3. The summed E-state index contributed by atoms with van der Waals surface area (Å²) < 4.78 is 5.73. The van der Waals surface area contributed by atoms with Crippen molar-refractivity contribution >= 4 is 6.09 Å². The lowest BCUT2D eigenvalue weighted by Crippen LogP contribution is -2.49. The summed E-state index contributed by atoms with van der Waals surface area (Å²) >= 11 is 0. The molecule has 1 aliphatic rings. The van der Waals surface area contributed by atoms with E-state index in [9.17, 15) is 4.79 Å². The first-order chi connectivity index (χ1) is 9.62. The van der Waals surface area contributed by atoms with Crippen LogP contribution in [0.15, 0.2) is 43.0 Å². The molecule has 0 aliphatic carbocycles. The smallest absolute Gasteiger partial charge is 0.410 e. The van der Waals surface area contributed by atoms with Gasteiger partial charge >= 0.3 is 6.09 Å². The van der Waals surface area contributed by atoms with Crippen LogP contribution in [0.25, 0.3) is 0 Å². The van der Waals surface area contributed by atoms with E-state index in [0.717, 1.165) is 31.4 Å². The number of hydrogen-bond donors (Lipinski definition) is 0. The molecule has 0 N–H and O–H groups in total. The Morgan fingerprint density at radius 2 is 2.15 bits per heavy atom. The van der Waals surface area contributed by atoms with E-state index in [1.54, 1.807) is 0 Å². The third kappa shape index (κ3) is 2.87. The number of carbonyl (C=O) groups is 1. The monoisotopic (exact) mass is 273 g/mol. The van der Waals surface area contributed by atoms with Crippen LogP contribution in [0.3, 0.4) is 0 Å². The predicted molar refractivity (Wildman–Crippen MR) is 80.5 cm³/mol. The molecule has 1 fully saturated rings. The molecule has 3 nitrogen and oxygen atoms in total. The topological polar surface area (TPSA) is 29.5 Å². The average molecular weight is 273 g/mol. The number of ether oxygens (including phenoxy) is 1. The quantitative estimate of drug-likeness (QED) is 0.748. The highest BCUT2D eigenvalue weighted by Gasteiger charge is 2.39. The van der Waals surface area contributed by atoms with Crippen molar-refractivity contribution in [1.82, 2.24) is 4.90 Å². The van der Waals surface area contributed by atoms with Gasteiger partial charge in [0.05, 0.1) is 6.04 Å². The van der Waals surface area contributed by atoms with Gasteiger partial charge in [-0.25, -0.2) is 4.79 Å². The van der Waals surface area contributed by atoms with Crippen LogP contribution in [0.5, 0.6) is 0 Å². The molecule has 0 aromatic heterocycles. The third-order valence-electron chi connectivity index (χ3n) is 4.26. The summed E-state index contributed by atoms with van der Waals surface area (Å²) in [7, 11) is 0. The zero-order valence-electron chi connectivity index (χ0n) is 12.3. The van der Waals surface area contributed by atoms with Gasteiger partial charge in [-0.3, -0.25) is 0 Å². The highest BCUT2D eigenvalue weighted by Crippen LogP contribution is 2.34. The lowest BCUT2D eigenvalue weighted by atomic mass is 9.90. The van der Waals surface area contributed by atoms with Crippen LogP contribution in [0.2, 0.25) is 0 Å². The fraction of sp³-hybridized carbons (Fsp3) is 0.471. The Labute approximate surface area is 121 Å². The van der Waals surface area contributed by atoms with Gasteiger partial charge in [-0.15, -0.1) is 6.58 Å². The van der Waals surface area contributed by atoms with Gasteiger partial charge in [-0.2, -0.15) is 0 Å². The molecule has 2 unspecified atom stereocenters. The number of amides is 1. The molecule has 1 aromatic carbocycles. The van der Waals surface area contributed by atoms with Crippen molar-refractivity contribution in [2.24, 2.45) is 0 Å². The molecule has 0 radical (unpaired) electrons. The summed E-state index contributed by atoms with van der Waals surface area (Å²) in [5.41, 5.74) is 0.781. The van der Waals surface area contributed by atoms with Gasteiger partial charge < -0.3 is 9.64 Å². The molecule has 1 heterocycles. The largest absolute Gasteiger partial charge is 0.442 e. The lowest BCUT2D eigenvalue weighted by Gasteiger charge is -2.42. The highest BCUT2D eigenvalue weighted by atomic mass is 16.6. The van der Waals surface area contributed by atoms with E-state index in [0.29, 0.717) is 0 Å². The Morgan fingerprint density at radius 3 is 2.70 bits per heavy atom. The minimum atomic E-state index is -0.355. The van der Waals surface area contributed by atoms with Crippen molar-refractivity contribution in [1.29, 1.82) is 0 Å². The van der Waals surface area contributed by atoms with Gasteiger partial charge in [-0.05, 0) is 18.9 Å². The van der Waals surface area contributed by atoms with Crippen LogP contribution in [0, 0.1) is 0 Å². The Hall–Kier alpha value is -1.77. The Balaban J connectivity index is 2.10. The van der Waals surface area contributed by atoms with Crippen LogP contribution in [-0.2, 0) is 4.74 Å². The molecule has 0 bridgehead atoms. The number of rotatable bonds is 5. The maximum atomic E-state index is 12.3. The van der Waals surface area contributed by atoms with Gasteiger partial charge in [0, 0.05) is 19.4 Å². The fourth-order valence-electron chi connectivity index (χ4n) is 2.77. The summed E-state index contributed by atoms with van der Waals surface area (Å²) in [4.78, 5) is 14.1. The van der Waals surface area contributed by atoms with Gasteiger partial charge in [-0.1, -0.05) is 43.3 Å². The molecule has 0 saturated carbocycles. The van der Waals surface area contributed by atoms with Crippen molar-refractivity contribution in [3.05, 3.63) is 48.6 Å². The van der Waals surface area contributed by atoms with E-state index in [1.165, 1.54) is 0 Å². The summed E-state index contributed by atoms with van der Waals surface area (Å²) in [6, 6.07) is 10.1. The molecule has 2 rings (SSSR count). The van der Waals surface area contributed by atoms with Crippen molar-refractivity contribution in [3.63, 3.8) is 0 Å². The Morgan fingerprint density at radius 1 is 1.45 bits per heavy atom. The van der Waals surface area contributed by atoms with E-state index < -0.39 is 0 Å². The first-order valence-corrected chi connectivity index (χ1v) is 7.27. The molecule has 1 saturated heterocycles. The van der Waals surface area contributed by atoms with Gasteiger partial charge in [0.2, 0.25) is 0 Å². The fourth-order valence-corrected chi connectivity index (χ4v) is 2.77. The van der Waals surface area contributed by atoms with E-state index >= 15 is 0 Å². The molecule has 2 atom stereocenters. The molecular formula is C17H23NO2. The first kappa shape index (κ1) is 14.6. The number of carbonyl (C=O) groups excluding carboxylic acids is 1. The molecular weight excluding hydrogens is 250 g/mol. The Kier molecular flexibility index (Phi) is 4.48. The molecule has 0 spiro atoms. The van der Waals surface area contributed by atoms with E-state index in [4.69, 9.17) is 4.74 Å². The molecule has 1 aliphatic heterocycles. The van der Waals surface area contributed by atoms with Crippen molar-refractivity contribution in [2.45, 2.75) is 44.8 Å². The highest BCUT2D eigenvalue weighted by molar-refractivity contribution is 5.69. The second kappa shape index (κ2) is 6.12. The maximum absolute atomic E-state index is 12.3. The number of hydrogen-bond acceptors (Lipinski definition) is 2. The minimum Gasteiger partial charge on any atom is -0.442 e. The lowest BCUT2D eigenvalue weighted by molar-refractivity contribution is -0.0564. The van der Waals surface area contributed by atoms with Crippen LogP contribution in [0.1, 0.15) is 44.7 Å². The molecule has 20 heavy (non-hydrogen) atoms. The second-order valence-electron chi connectivity index (χ2n) is 5.43. The zero-order chi connectivity index (χ0) is 14.6. The summed E-state index contributed by atoms with van der Waals surface area (Å²) in [6.45, 7) is 8.61. The van der Waals surface area contributed by atoms with Crippen LogP contribution in [-0.4, -0.2) is 23.1 Å². The maximum Gasteiger partial charge on any atom is 0.410 e. The molecule has 1 aromatic rings. The molecule has 3 heteroatoms. The average Bonchev–Trinajstić information content (AvgIpc) is 2.48. The SMILES string of the molecule is C=CCC1(CC)CCN(C(C)c2ccccc2)C(=O)O1. The van der Waals surface area contributed by atoms with Crippen molar-refractivity contribution in [2.75, 3.05) is 6.54 Å². The predicted octanol–water partition coefficient (Wildman–Crippen LogP) is 4.31. The van der Waals surface area contributed by atoms with E-state index in [-0.39, 0.29) is 17.7 Å². The van der Waals surface area contributed by atoms with Crippen molar-refractivity contribution < 1.29 is 9.53 Å². The van der Waals surface area contributed by atoms with Crippen LogP contribution < -0.4 is 0 Å². The van der Waals surface area contributed by atoms with Gasteiger partial charge in [0.25, 0.3) is 0 Å². The summed E-state index contributed by atoms with van der Waals surface area (Å²) in [5, 5.41) is 0. The summed E-state index contributed by atoms with van der Waals surface area (Å²) in [6.07, 6.45) is 4.04. The number of cyclic esters (lactones) is 1. The molecule has 108 valence electrons. The third-order valence-corrected chi connectivity index (χ3v) is 4.26. The second-order valence-corrected chi connectivity index (χ2v) is 5.43. The number of nitrogens with zero attached hydrogens (tertiary/aromatic N) is 1. The normalized spacial score (nSPS) is 24.1. The molecule has 1 amide bonds. The first-order valence-electron chi connectivity index (χ1n) is 7.27. The van der Waals surface area contributed by atoms with Crippen LogP contribution in [0.4, 0.5) is 4.79 Å². The minimum absolute atomic E-state index is 0.0438. The van der Waals surface area contributed by atoms with Crippen LogP contribution >= 0.6 is 0 Å². The summed E-state index contributed by atoms with van der Waals surface area (Å²) in [5.74, 6) is 0. The Bertz CT molecular complexity index is 471. The number of benzene rings is 1. The zero-order valence-corrected chi connectivity index (χ0v) is 12.3. The van der Waals surface area contributed by atoms with Gasteiger partial charge in [0.1, 0.15) is 5.60 Å². The van der Waals surface area contributed by atoms with Gasteiger partial charge in [0.15, 0.2) is 0 Å². The van der Waals surface area contributed by atoms with E-state index in [1.807, 2.05) is 48.2 Å².